The van der Waals surface area contributed by atoms with Crippen molar-refractivity contribution >= 4 is 33.8 Å². The molecule has 30 heavy (non-hydrogen) atoms. The van der Waals surface area contributed by atoms with E-state index in [1.807, 2.05) is 0 Å². The number of hydrogen-bond donors (Lipinski definition) is 2. The minimum Gasteiger partial charge on any atom is -0.476 e. The number of carboxylic acid groups (broad SMARTS) is 1. The van der Waals surface area contributed by atoms with Gasteiger partial charge >= 0.3 is 5.97 Å². The molecule has 2 aromatic heterocycles. The first-order valence-electron chi connectivity index (χ1n) is 8.60. The van der Waals surface area contributed by atoms with Crippen molar-refractivity contribution < 1.29 is 27.9 Å². The largest absolute Gasteiger partial charge is 0.476 e. The van der Waals surface area contributed by atoms with E-state index in [0.717, 1.165) is 4.68 Å². The Kier molecular flexibility index (Phi) is 4.78. The van der Waals surface area contributed by atoms with Crippen LogP contribution in [0, 0.1) is 5.82 Å². The van der Waals surface area contributed by atoms with E-state index >= 15 is 0 Å². The number of alkyl halides is 2. The van der Waals surface area contributed by atoms with Crippen LogP contribution in [0.5, 0.6) is 0 Å². The topological polar surface area (TPSA) is 110 Å². The van der Waals surface area contributed by atoms with Crippen molar-refractivity contribution in [3.8, 4) is 5.69 Å². The second kappa shape index (κ2) is 7.43. The first-order valence-corrected chi connectivity index (χ1v) is 8.60. The molecule has 0 aliphatic carbocycles. The molecule has 0 bridgehead atoms. The maximum atomic E-state index is 14.0. The van der Waals surface area contributed by atoms with Gasteiger partial charge in [0.05, 0.1) is 12.2 Å². The zero-order valence-electron chi connectivity index (χ0n) is 15.0. The zero-order chi connectivity index (χ0) is 21.4. The van der Waals surface area contributed by atoms with Crippen LogP contribution in [0.4, 0.5) is 13.2 Å². The molecule has 0 radical (unpaired) electrons. The number of benzene rings is 2. The molecule has 0 fully saturated rings. The summed E-state index contributed by atoms with van der Waals surface area (Å²) in [6.07, 6.45) is -2.68. The third kappa shape index (κ3) is 3.30. The average Bonchev–Trinajstić information content (AvgIpc) is 3.12. The number of amides is 1. The van der Waals surface area contributed by atoms with Crippen molar-refractivity contribution in [2.45, 2.75) is 6.43 Å². The lowest BCUT2D eigenvalue weighted by Gasteiger charge is -2.07. The molecule has 0 aliphatic heterocycles. The lowest BCUT2D eigenvalue weighted by Crippen LogP contribution is -2.28. The number of carbonyl (C=O) groups excluding carboxylic acids is 1. The van der Waals surface area contributed by atoms with Crippen molar-refractivity contribution in [3.63, 3.8) is 0 Å². The van der Waals surface area contributed by atoms with Crippen LogP contribution in [0.15, 0.2) is 42.5 Å². The molecule has 11 heteroatoms. The van der Waals surface area contributed by atoms with Crippen LogP contribution < -0.4 is 5.32 Å². The molecule has 2 heterocycles. The van der Waals surface area contributed by atoms with Gasteiger partial charge in [-0.2, -0.15) is 5.10 Å². The molecule has 0 atom stereocenters. The number of carboxylic acids is 1. The summed E-state index contributed by atoms with van der Waals surface area (Å²) in [4.78, 5) is 23.7. The SMILES string of the molecule is O=C(NCC(F)F)c1ccc(-n2nc3c(nnc4c(F)cccc43)c2C(=O)O)cc1. The monoisotopic (exact) mass is 415 g/mol. The molecule has 8 nitrogen and oxygen atoms in total. The summed E-state index contributed by atoms with van der Waals surface area (Å²) in [5, 5.41) is 23.9. The molecule has 4 aromatic rings. The fourth-order valence-electron chi connectivity index (χ4n) is 3.00. The van der Waals surface area contributed by atoms with Crippen molar-refractivity contribution in [2.75, 3.05) is 6.54 Å². The minimum absolute atomic E-state index is 0.0284. The number of halogens is 3. The zero-order valence-corrected chi connectivity index (χ0v) is 15.0. The molecule has 0 aliphatic rings. The van der Waals surface area contributed by atoms with E-state index in [1.54, 1.807) is 6.07 Å². The number of rotatable bonds is 5. The highest BCUT2D eigenvalue weighted by molar-refractivity contribution is 6.08. The summed E-state index contributed by atoms with van der Waals surface area (Å²) in [6, 6.07) is 9.71. The van der Waals surface area contributed by atoms with E-state index in [9.17, 15) is 27.9 Å². The van der Waals surface area contributed by atoms with Gasteiger partial charge in [-0.25, -0.2) is 22.6 Å². The molecule has 0 spiro atoms. The average molecular weight is 415 g/mol. The molecule has 0 saturated carbocycles. The molecule has 0 saturated heterocycles. The fourth-order valence-corrected chi connectivity index (χ4v) is 3.00. The Morgan fingerprint density at radius 3 is 2.40 bits per heavy atom. The number of nitrogens with one attached hydrogen (secondary N) is 1. The van der Waals surface area contributed by atoms with Crippen molar-refractivity contribution in [1.82, 2.24) is 25.3 Å². The molecule has 2 aromatic carbocycles. The van der Waals surface area contributed by atoms with Crippen LogP contribution >= 0.6 is 0 Å². The second-order valence-electron chi connectivity index (χ2n) is 6.25. The summed E-state index contributed by atoms with van der Waals surface area (Å²) in [5.41, 5.74) is 0.173. The normalized spacial score (nSPS) is 11.3. The highest BCUT2D eigenvalue weighted by Crippen LogP contribution is 2.27. The highest BCUT2D eigenvalue weighted by Gasteiger charge is 2.23. The van der Waals surface area contributed by atoms with Gasteiger partial charge in [0.25, 0.3) is 12.3 Å². The Labute approximate surface area is 165 Å². The van der Waals surface area contributed by atoms with Gasteiger partial charge < -0.3 is 10.4 Å². The predicted molar refractivity (Wildman–Crippen MR) is 99.4 cm³/mol. The quantitative estimate of drug-likeness (QED) is 0.519. The van der Waals surface area contributed by atoms with Crippen molar-refractivity contribution in [2.24, 2.45) is 0 Å². The van der Waals surface area contributed by atoms with Crippen LogP contribution in [-0.4, -0.2) is 49.9 Å². The number of nitrogens with zero attached hydrogens (tertiary/aromatic N) is 4. The number of aromatic carboxylic acids is 1. The van der Waals surface area contributed by atoms with Crippen LogP contribution in [0.25, 0.3) is 27.6 Å². The van der Waals surface area contributed by atoms with Gasteiger partial charge in [0.2, 0.25) is 0 Å². The first-order chi connectivity index (χ1) is 14.4. The lowest BCUT2D eigenvalue weighted by molar-refractivity contribution is 0.0688. The Morgan fingerprint density at radius 2 is 1.73 bits per heavy atom. The molecular formula is C19H12F3N5O3. The van der Waals surface area contributed by atoms with Crippen LogP contribution in [0.1, 0.15) is 20.8 Å². The number of carbonyl (C=O) groups is 2. The van der Waals surface area contributed by atoms with Crippen LogP contribution in [0.2, 0.25) is 0 Å². The van der Waals surface area contributed by atoms with Gasteiger partial charge in [-0.05, 0) is 30.3 Å². The standard InChI is InChI=1S/C19H12F3N5O3/c20-12-3-1-2-11-14(12)24-25-16-15(11)26-27(17(16)19(29)30)10-6-4-9(5-7-10)18(28)23-8-13(21)22/h1-7,13H,8H2,(H,23,28)(H,29,30). The molecule has 2 N–H and O–H groups in total. The molecule has 0 unspecified atom stereocenters. The highest BCUT2D eigenvalue weighted by atomic mass is 19.3. The number of hydrogen-bond acceptors (Lipinski definition) is 5. The summed E-state index contributed by atoms with van der Waals surface area (Å²) < 4.78 is 39.6. The molecule has 152 valence electrons. The Bertz CT molecular complexity index is 1290. The van der Waals surface area contributed by atoms with E-state index in [-0.39, 0.29) is 33.5 Å². The fraction of sp³-hybridized carbons (Fsp3) is 0.105. The predicted octanol–water partition coefficient (Wildman–Crippen LogP) is 2.80. The van der Waals surface area contributed by atoms with E-state index in [4.69, 9.17) is 0 Å². The summed E-state index contributed by atoms with van der Waals surface area (Å²) in [7, 11) is 0. The number of aromatic nitrogens is 4. The molecule has 1 amide bonds. The Hall–Kier alpha value is -4.02. The first kappa shape index (κ1) is 19.3. The van der Waals surface area contributed by atoms with Gasteiger partial charge in [0, 0.05) is 10.9 Å². The third-order valence-electron chi connectivity index (χ3n) is 4.35. The minimum atomic E-state index is -2.68. The maximum Gasteiger partial charge on any atom is 0.357 e. The van der Waals surface area contributed by atoms with Crippen LogP contribution in [-0.2, 0) is 0 Å². The third-order valence-corrected chi connectivity index (χ3v) is 4.35. The maximum absolute atomic E-state index is 14.0. The van der Waals surface area contributed by atoms with Gasteiger partial charge in [0.15, 0.2) is 11.5 Å². The van der Waals surface area contributed by atoms with Crippen molar-refractivity contribution in [3.05, 3.63) is 59.5 Å². The van der Waals surface area contributed by atoms with Crippen LogP contribution in [0.3, 0.4) is 0 Å². The Morgan fingerprint density at radius 1 is 1.03 bits per heavy atom. The smallest absolute Gasteiger partial charge is 0.357 e. The van der Waals surface area contributed by atoms with E-state index < -0.39 is 30.7 Å². The van der Waals surface area contributed by atoms with Crippen molar-refractivity contribution in [1.29, 1.82) is 0 Å². The van der Waals surface area contributed by atoms with Gasteiger partial charge in [-0.3, -0.25) is 4.79 Å². The number of fused-ring (bicyclic) bond motifs is 3. The van der Waals surface area contributed by atoms with Gasteiger partial charge in [-0.1, -0.05) is 12.1 Å². The van der Waals surface area contributed by atoms with E-state index in [1.165, 1.54) is 36.4 Å². The summed E-state index contributed by atoms with van der Waals surface area (Å²) in [6.45, 7) is -0.781. The van der Waals surface area contributed by atoms with E-state index in [2.05, 4.69) is 20.6 Å². The van der Waals surface area contributed by atoms with E-state index in [0.29, 0.717) is 5.39 Å². The van der Waals surface area contributed by atoms with Gasteiger partial charge in [-0.15, -0.1) is 10.2 Å². The van der Waals surface area contributed by atoms with Gasteiger partial charge in [0.1, 0.15) is 16.6 Å². The molecular weight excluding hydrogens is 403 g/mol. The summed E-state index contributed by atoms with van der Waals surface area (Å²) >= 11 is 0. The second-order valence-corrected chi connectivity index (χ2v) is 6.25. The molecule has 4 rings (SSSR count). The lowest BCUT2D eigenvalue weighted by atomic mass is 10.2. The Balaban J connectivity index is 1.81. The summed E-state index contributed by atoms with van der Waals surface area (Å²) in [5.74, 6) is -2.65.